The van der Waals surface area contributed by atoms with Crippen LogP contribution in [0.2, 0.25) is 0 Å². The third kappa shape index (κ3) is 5.95. The van der Waals surface area contributed by atoms with E-state index in [1.54, 1.807) is 18.5 Å². The van der Waals surface area contributed by atoms with E-state index >= 15 is 0 Å². The first-order valence-electron chi connectivity index (χ1n) is 10.4. The van der Waals surface area contributed by atoms with Crippen LogP contribution in [-0.2, 0) is 4.79 Å². The third-order valence-electron chi connectivity index (χ3n) is 5.14. The van der Waals surface area contributed by atoms with Gasteiger partial charge in [0.1, 0.15) is 11.6 Å². The van der Waals surface area contributed by atoms with Crippen LogP contribution in [0.4, 0.5) is 21.8 Å². The van der Waals surface area contributed by atoms with E-state index in [-0.39, 0.29) is 28.7 Å². The monoisotopic (exact) mass is 466 g/mol. The molecular formula is C21H26N10OS. The molecule has 3 heterocycles. The van der Waals surface area contributed by atoms with E-state index in [2.05, 4.69) is 56.4 Å². The molecule has 172 valence electrons. The molecule has 3 aromatic heterocycles. The molecule has 0 saturated carbocycles. The van der Waals surface area contributed by atoms with Crippen LogP contribution in [0.3, 0.4) is 0 Å². The molecular weight excluding hydrogens is 440 g/mol. The van der Waals surface area contributed by atoms with Gasteiger partial charge in [-0.3, -0.25) is 4.79 Å². The Kier molecular flexibility index (Phi) is 7.44. The summed E-state index contributed by atoms with van der Waals surface area (Å²) in [5.41, 5.74) is 0.441. The van der Waals surface area contributed by atoms with Crippen molar-refractivity contribution in [1.82, 2.24) is 24.7 Å². The second-order valence-electron chi connectivity index (χ2n) is 8.17. The summed E-state index contributed by atoms with van der Waals surface area (Å²) in [6.07, 6.45) is 6.58. The Morgan fingerprint density at radius 3 is 2.70 bits per heavy atom. The quantitative estimate of drug-likeness (QED) is 0.454. The highest BCUT2D eigenvalue weighted by Gasteiger charge is 2.20. The number of azo groups is 1. The maximum absolute atomic E-state index is 11.7. The Labute approximate surface area is 196 Å². The lowest BCUT2D eigenvalue weighted by Crippen LogP contribution is -2.24. The van der Waals surface area contributed by atoms with E-state index in [0.717, 1.165) is 19.4 Å². The Bertz CT molecular complexity index is 1180. The van der Waals surface area contributed by atoms with Crippen LogP contribution in [0.15, 0.2) is 34.9 Å². The zero-order valence-corrected chi connectivity index (χ0v) is 20.1. The molecule has 11 nitrogen and oxygen atoms in total. The number of rotatable bonds is 9. The van der Waals surface area contributed by atoms with Gasteiger partial charge in [-0.1, -0.05) is 38.5 Å². The molecule has 33 heavy (non-hydrogen) atoms. The van der Waals surface area contributed by atoms with E-state index in [1.165, 1.54) is 29.1 Å². The normalized spacial score (nSPS) is 11.5. The number of aromatic nitrogens is 5. The van der Waals surface area contributed by atoms with Gasteiger partial charge >= 0.3 is 0 Å². The van der Waals surface area contributed by atoms with Gasteiger partial charge in [-0.15, -0.1) is 10.2 Å². The van der Waals surface area contributed by atoms with Crippen molar-refractivity contribution in [3.63, 3.8) is 0 Å². The summed E-state index contributed by atoms with van der Waals surface area (Å²) in [6.45, 7) is 8.86. The van der Waals surface area contributed by atoms with Crippen molar-refractivity contribution < 1.29 is 4.79 Å². The van der Waals surface area contributed by atoms with Crippen LogP contribution >= 0.6 is 11.3 Å². The highest BCUT2D eigenvalue weighted by atomic mass is 32.1. The van der Waals surface area contributed by atoms with Gasteiger partial charge in [0, 0.05) is 32.9 Å². The average molecular weight is 467 g/mol. The third-order valence-corrected chi connectivity index (χ3v) is 6.20. The van der Waals surface area contributed by atoms with Gasteiger partial charge < -0.3 is 10.2 Å². The maximum Gasteiger partial charge on any atom is 0.252 e. The van der Waals surface area contributed by atoms with E-state index in [4.69, 9.17) is 0 Å². The number of anilines is 2. The summed E-state index contributed by atoms with van der Waals surface area (Å²) in [5, 5.41) is 26.0. The fraction of sp³-hybridized carbons (Fsp3) is 0.429. The van der Waals surface area contributed by atoms with Crippen molar-refractivity contribution in [2.45, 2.75) is 40.5 Å². The van der Waals surface area contributed by atoms with E-state index in [9.17, 15) is 10.1 Å². The molecule has 0 bridgehead atoms. The molecule has 0 radical (unpaired) electrons. The molecule has 3 aromatic rings. The minimum atomic E-state index is -0.265. The molecule has 0 fully saturated rings. The van der Waals surface area contributed by atoms with Gasteiger partial charge in [0.15, 0.2) is 21.8 Å². The highest BCUT2D eigenvalue weighted by Crippen LogP contribution is 2.39. The lowest BCUT2D eigenvalue weighted by molar-refractivity contribution is -0.114. The Hall–Kier alpha value is -3.72. The number of carbonyl (C=O) groups excluding carboxylic acids is 1. The minimum absolute atomic E-state index is 0.186. The van der Waals surface area contributed by atoms with Crippen LogP contribution in [-0.4, -0.2) is 44.2 Å². The van der Waals surface area contributed by atoms with Crippen LogP contribution in [0.5, 0.6) is 0 Å². The van der Waals surface area contributed by atoms with Gasteiger partial charge in [-0.05, 0) is 17.9 Å². The smallest absolute Gasteiger partial charge is 0.252 e. The minimum Gasteiger partial charge on any atom is -0.351 e. The molecule has 0 unspecified atom stereocenters. The van der Waals surface area contributed by atoms with Crippen molar-refractivity contribution in [3.05, 3.63) is 30.2 Å². The van der Waals surface area contributed by atoms with Crippen LogP contribution in [0.25, 0.3) is 5.95 Å². The summed E-state index contributed by atoms with van der Waals surface area (Å²) in [7, 11) is 1.96. The average Bonchev–Trinajstić information content (AvgIpc) is 3.40. The van der Waals surface area contributed by atoms with Crippen molar-refractivity contribution in [2.24, 2.45) is 15.6 Å². The Morgan fingerprint density at radius 2 is 2.06 bits per heavy atom. The molecule has 0 aliphatic heterocycles. The summed E-state index contributed by atoms with van der Waals surface area (Å²) in [6, 6.07) is 3.72. The second-order valence-corrected chi connectivity index (χ2v) is 9.13. The second kappa shape index (κ2) is 10.3. The molecule has 12 heteroatoms. The van der Waals surface area contributed by atoms with Gasteiger partial charge in [0.05, 0.1) is 6.20 Å². The van der Waals surface area contributed by atoms with Gasteiger partial charge in [0.2, 0.25) is 5.91 Å². The first kappa shape index (κ1) is 23.9. The number of carbonyl (C=O) groups is 1. The van der Waals surface area contributed by atoms with Crippen LogP contribution < -0.4 is 10.2 Å². The van der Waals surface area contributed by atoms with Gasteiger partial charge in [0.25, 0.3) is 5.95 Å². The number of thiazole rings is 1. The predicted molar refractivity (Wildman–Crippen MR) is 126 cm³/mol. The molecule has 1 N–H and O–H groups in total. The van der Waals surface area contributed by atoms with Crippen LogP contribution in [0.1, 0.15) is 46.1 Å². The predicted octanol–water partition coefficient (Wildman–Crippen LogP) is 4.63. The molecule has 0 aromatic carbocycles. The topological polar surface area (TPSA) is 137 Å². The zero-order valence-electron chi connectivity index (χ0n) is 19.3. The fourth-order valence-electron chi connectivity index (χ4n) is 2.68. The number of nitriles is 1. The van der Waals surface area contributed by atoms with Crippen molar-refractivity contribution in [1.29, 1.82) is 5.26 Å². The molecule has 0 atom stereocenters. The summed E-state index contributed by atoms with van der Waals surface area (Å²) in [4.78, 5) is 26.6. The summed E-state index contributed by atoms with van der Waals surface area (Å²) < 4.78 is 1.33. The Morgan fingerprint density at radius 1 is 1.33 bits per heavy atom. The van der Waals surface area contributed by atoms with Crippen molar-refractivity contribution >= 4 is 39.0 Å². The first-order valence-corrected chi connectivity index (χ1v) is 11.2. The number of nitrogens with zero attached hydrogens (tertiary/aromatic N) is 9. The van der Waals surface area contributed by atoms with E-state index in [1.807, 2.05) is 18.0 Å². The van der Waals surface area contributed by atoms with Gasteiger partial charge in [-0.2, -0.15) is 15.0 Å². The standard InChI is InChI=1S/C21H26N10OS/c1-6-21(3,4)8-11-30(5)20-27-16(26-14(2)32)18(33-20)29-28-17-15(12-22)13-25-31(17)19-23-9-7-10-24-19/h7,9-10,13H,6,8,11H2,1-5H3,(H,26,32). The molecule has 3 rings (SSSR count). The van der Waals surface area contributed by atoms with Crippen LogP contribution in [0, 0.1) is 16.7 Å². The highest BCUT2D eigenvalue weighted by molar-refractivity contribution is 7.19. The molecule has 0 spiro atoms. The largest absolute Gasteiger partial charge is 0.351 e. The maximum atomic E-state index is 11.7. The summed E-state index contributed by atoms with van der Waals surface area (Å²) >= 11 is 1.30. The van der Waals surface area contributed by atoms with Gasteiger partial charge in [-0.25, -0.2) is 15.0 Å². The first-order chi connectivity index (χ1) is 15.7. The lowest BCUT2D eigenvalue weighted by atomic mass is 9.86. The Balaban J connectivity index is 1.93. The van der Waals surface area contributed by atoms with E-state index < -0.39 is 0 Å². The molecule has 1 amide bonds. The number of hydrogen-bond acceptors (Lipinski definition) is 10. The molecule has 0 aliphatic carbocycles. The van der Waals surface area contributed by atoms with Crippen molar-refractivity contribution in [3.8, 4) is 12.0 Å². The SMILES string of the molecule is CCC(C)(C)CCN(C)c1nc(NC(C)=O)c(N=Nc2c(C#N)cnn2-c2ncccn2)s1. The number of amides is 1. The number of hydrogen-bond donors (Lipinski definition) is 1. The van der Waals surface area contributed by atoms with E-state index in [0.29, 0.717) is 16.0 Å². The summed E-state index contributed by atoms with van der Waals surface area (Å²) in [5.74, 6) is 0.496. The molecule has 0 saturated heterocycles. The molecule has 0 aliphatic rings. The zero-order chi connectivity index (χ0) is 24.0. The lowest BCUT2D eigenvalue weighted by Gasteiger charge is -2.25. The fourth-order valence-corrected chi connectivity index (χ4v) is 3.51. The van der Waals surface area contributed by atoms with Crippen molar-refractivity contribution in [2.75, 3.05) is 23.8 Å². The number of nitrogens with one attached hydrogen (secondary N) is 1.